The lowest BCUT2D eigenvalue weighted by atomic mass is 10.2. The van der Waals surface area contributed by atoms with E-state index in [1.807, 2.05) is 0 Å². The Bertz CT molecular complexity index is 757. The standard InChI is InChI=1S/C14H14FNO3S/c1-9-3-6-12(13(17)7-9)16-20(18,19)14-8-11(15)5-4-10(14)2/h3-8,16-17H,1-2H3. The van der Waals surface area contributed by atoms with Gasteiger partial charge in [-0.3, -0.25) is 4.72 Å². The molecule has 0 saturated carbocycles. The zero-order valence-corrected chi connectivity index (χ0v) is 11.8. The highest BCUT2D eigenvalue weighted by Gasteiger charge is 2.19. The summed E-state index contributed by atoms with van der Waals surface area (Å²) in [6, 6.07) is 8.09. The molecule has 0 saturated heterocycles. The van der Waals surface area contributed by atoms with E-state index in [1.54, 1.807) is 19.9 Å². The number of phenolic OH excluding ortho intramolecular Hbond substituents is 1. The Morgan fingerprint density at radius 1 is 1.10 bits per heavy atom. The lowest BCUT2D eigenvalue weighted by molar-refractivity contribution is 0.477. The SMILES string of the molecule is Cc1ccc(NS(=O)(=O)c2cc(F)ccc2C)c(O)c1. The van der Waals surface area contributed by atoms with Crippen molar-refractivity contribution in [3.63, 3.8) is 0 Å². The molecule has 0 radical (unpaired) electrons. The zero-order valence-electron chi connectivity index (χ0n) is 11.0. The third kappa shape index (κ3) is 2.91. The second kappa shape index (κ2) is 5.13. The lowest BCUT2D eigenvalue weighted by Gasteiger charge is -2.12. The Hall–Kier alpha value is -2.08. The largest absolute Gasteiger partial charge is 0.506 e. The van der Waals surface area contributed by atoms with Crippen molar-refractivity contribution in [3.05, 3.63) is 53.3 Å². The van der Waals surface area contributed by atoms with Gasteiger partial charge >= 0.3 is 0 Å². The van der Waals surface area contributed by atoms with Crippen LogP contribution in [0.2, 0.25) is 0 Å². The maximum atomic E-state index is 13.2. The molecule has 0 aromatic heterocycles. The molecule has 4 nitrogen and oxygen atoms in total. The van der Waals surface area contributed by atoms with Crippen molar-refractivity contribution in [3.8, 4) is 5.75 Å². The zero-order chi connectivity index (χ0) is 14.9. The van der Waals surface area contributed by atoms with Crippen molar-refractivity contribution in [1.82, 2.24) is 0 Å². The minimum atomic E-state index is -3.95. The van der Waals surface area contributed by atoms with Crippen LogP contribution < -0.4 is 4.72 Å². The number of benzene rings is 2. The van der Waals surface area contributed by atoms with E-state index in [0.29, 0.717) is 5.56 Å². The summed E-state index contributed by atoms with van der Waals surface area (Å²) in [4.78, 5) is -0.155. The number of phenols is 1. The number of sulfonamides is 1. The van der Waals surface area contributed by atoms with Gasteiger partial charge in [-0.15, -0.1) is 0 Å². The fourth-order valence-electron chi connectivity index (χ4n) is 1.79. The van der Waals surface area contributed by atoms with E-state index < -0.39 is 15.8 Å². The molecule has 0 spiro atoms. The van der Waals surface area contributed by atoms with Gasteiger partial charge in [-0.2, -0.15) is 0 Å². The first-order chi connectivity index (χ1) is 9.29. The van der Waals surface area contributed by atoms with Crippen LogP contribution >= 0.6 is 0 Å². The predicted octanol–water partition coefficient (Wildman–Crippen LogP) is 2.95. The summed E-state index contributed by atoms with van der Waals surface area (Å²) in [5, 5.41) is 9.72. The van der Waals surface area contributed by atoms with Crippen molar-refractivity contribution in [1.29, 1.82) is 0 Å². The summed E-state index contributed by atoms with van der Waals surface area (Å²) in [5.41, 5.74) is 1.28. The lowest BCUT2D eigenvalue weighted by Crippen LogP contribution is -2.14. The fourth-order valence-corrected chi connectivity index (χ4v) is 3.12. The number of nitrogens with one attached hydrogen (secondary N) is 1. The summed E-state index contributed by atoms with van der Waals surface area (Å²) >= 11 is 0. The van der Waals surface area contributed by atoms with E-state index in [4.69, 9.17) is 0 Å². The summed E-state index contributed by atoms with van der Waals surface area (Å²) in [6.07, 6.45) is 0. The molecule has 0 heterocycles. The third-order valence-corrected chi connectivity index (χ3v) is 4.34. The molecular weight excluding hydrogens is 281 g/mol. The molecule has 6 heteroatoms. The smallest absolute Gasteiger partial charge is 0.262 e. The Morgan fingerprint density at radius 3 is 2.45 bits per heavy atom. The van der Waals surface area contributed by atoms with Crippen LogP contribution in [0.1, 0.15) is 11.1 Å². The van der Waals surface area contributed by atoms with Gasteiger partial charge in [-0.1, -0.05) is 12.1 Å². The Balaban J connectivity index is 2.43. The summed E-state index contributed by atoms with van der Waals surface area (Å²) in [6.45, 7) is 3.34. The number of aromatic hydroxyl groups is 1. The average Bonchev–Trinajstić information content (AvgIpc) is 2.35. The minimum absolute atomic E-state index is 0.0549. The highest BCUT2D eigenvalue weighted by atomic mass is 32.2. The van der Waals surface area contributed by atoms with E-state index in [2.05, 4.69) is 4.72 Å². The first-order valence-electron chi connectivity index (χ1n) is 5.88. The van der Waals surface area contributed by atoms with Gasteiger partial charge in [-0.25, -0.2) is 12.8 Å². The fraction of sp³-hybridized carbons (Fsp3) is 0.143. The van der Waals surface area contributed by atoms with Crippen molar-refractivity contribution >= 4 is 15.7 Å². The third-order valence-electron chi connectivity index (χ3n) is 2.84. The number of aryl methyl sites for hydroxylation is 2. The number of halogens is 1. The van der Waals surface area contributed by atoms with E-state index in [-0.39, 0.29) is 16.3 Å². The van der Waals surface area contributed by atoms with Gasteiger partial charge in [0.1, 0.15) is 11.6 Å². The van der Waals surface area contributed by atoms with Crippen molar-refractivity contribution in [2.45, 2.75) is 18.7 Å². The molecule has 0 unspecified atom stereocenters. The maximum absolute atomic E-state index is 13.2. The molecule has 2 rings (SSSR count). The molecule has 0 atom stereocenters. The number of rotatable bonds is 3. The van der Waals surface area contributed by atoms with Crippen LogP contribution in [0.4, 0.5) is 10.1 Å². The molecule has 0 aliphatic rings. The molecule has 0 amide bonds. The minimum Gasteiger partial charge on any atom is -0.506 e. The van der Waals surface area contributed by atoms with Crippen LogP contribution in [-0.4, -0.2) is 13.5 Å². The van der Waals surface area contributed by atoms with Gasteiger partial charge in [-0.05, 0) is 49.2 Å². The molecule has 0 bridgehead atoms. The highest BCUT2D eigenvalue weighted by Crippen LogP contribution is 2.27. The van der Waals surface area contributed by atoms with Gasteiger partial charge in [0.2, 0.25) is 0 Å². The topological polar surface area (TPSA) is 66.4 Å². The van der Waals surface area contributed by atoms with Gasteiger partial charge in [0, 0.05) is 0 Å². The van der Waals surface area contributed by atoms with Crippen molar-refractivity contribution in [2.24, 2.45) is 0 Å². The second-order valence-corrected chi connectivity index (χ2v) is 6.19. The molecule has 106 valence electrons. The van der Waals surface area contributed by atoms with E-state index in [9.17, 15) is 17.9 Å². The molecule has 0 fully saturated rings. The first-order valence-corrected chi connectivity index (χ1v) is 7.36. The monoisotopic (exact) mass is 295 g/mol. The predicted molar refractivity (Wildman–Crippen MR) is 74.8 cm³/mol. The normalized spacial score (nSPS) is 11.3. The van der Waals surface area contributed by atoms with E-state index in [1.165, 1.54) is 24.3 Å². The van der Waals surface area contributed by atoms with Gasteiger partial charge in [0.15, 0.2) is 0 Å². The molecule has 2 aromatic carbocycles. The maximum Gasteiger partial charge on any atom is 0.262 e. The summed E-state index contributed by atoms with van der Waals surface area (Å²) in [5.74, 6) is -0.813. The number of anilines is 1. The Labute approximate surface area is 116 Å². The van der Waals surface area contributed by atoms with Crippen LogP contribution in [-0.2, 0) is 10.0 Å². The molecule has 20 heavy (non-hydrogen) atoms. The van der Waals surface area contributed by atoms with Crippen LogP contribution in [0, 0.1) is 19.7 Å². The highest BCUT2D eigenvalue weighted by molar-refractivity contribution is 7.92. The Kier molecular flexibility index (Phi) is 3.67. The number of hydrogen-bond acceptors (Lipinski definition) is 3. The summed E-state index contributed by atoms with van der Waals surface area (Å²) < 4.78 is 39.9. The summed E-state index contributed by atoms with van der Waals surface area (Å²) in [7, 11) is -3.95. The van der Waals surface area contributed by atoms with E-state index >= 15 is 0 Å². The van der Waals surface area contributed by atoms with Crippen molar-refractivity contribution in [2.75, 3.05) is 4.72 Å². The molecule has 2 N–H and O–H groups in total. The Morgan fingerprint density at radius 2 is 1.80 bits per heavy atom. The molecular formula is C14H14FNO3S. The second-order valence-electron chi connectivity index (χ2n) is 4.54. The van der Waals surface area contributed by atoms with E-state index in [0.717, 1.165) is 11.6 Å². The molecule has 2 aromatic rings. The van der Waals surface area contributed by atoms with Gasteiger partial charge < -0.3 is 5.11 Å². The quantitative estimate of drug-likeness (QED) is 0.856. The van der Waals surface area contributed by atoms with Gasteiger partial charge in [0.05, 0.1) is 10.6 Å². The molecule has 0 aliphatic carbocycles. The van der Waals surface area contributed by atoms with Crippen LogP contribution in [0.15, 0.2) is 41.3 Å². The molecule has 0 aliphatic heterocycles. The van der Waals surface area contributed by atoms with Gasteiger partial charge in [0.25, 0.3) is 10.0 Å². The average molecular weight is 295 g/mol. The van der Waals surface area contributed by atoms with Crippen LogP contribution in [0.5, 0.6) is 5.75 Å². The van der Waals surface area contributed by atoms with Crippen LogP contribution in [0.25, 0.3) is 0 Å². The van der Waals surface area contributed by atoms with Crippen molar-refractivity contribution < 1.29 is 17.9 Å². The number of hydrogen-bond donors (Lipinski definition) is 2. The first kappa shape index (κ1) is 14.3. The van der Waals surface area contributed by atoms with Crippen LogP contribution in [0.3, 0.4) is 0 Å².